The lowest BCUT2D eigenvalue weighted by atomic mass is 9.97. The minimum atomic E-state index is -0.644. The maximum absolute atomic E-state index is 10.5. The van der Waals surface area contributed by atoms with Crippen LogP contribution >= 0.6 is 0 Å². The number of hydrogen-bond donors (Lipinski definition) is 3. The summed E-state index contributed by atoms with van der Waals surface area (Å²) >= 11 is 0. The first-order valence-electron chi connectivity index (χ1n) is 7.97. The molecule has 4 nitrogen and oxygen atoms in total. The number of aliphatic hydroxyl groups excluding tert-OH is 1. The second-order valence-corrected chi connectivity index (χ2v) is 6.18. The van der Waals surface area contributed by atoms with Crippen LogP contribution in [0.1, 0.15) is 24.1 Å². The van der Waals surface area contributed by atoms with Crippen LogP contribution < -0.4 is 16.0 Å². The summed E-state index contributed by atoms with van der Waals surface area (Å²) in [4.78, 5) is 2.08. The number of anilines is 1. The molecule has 4 N–H and O–H groups in total. The molecule has 0 spiro atoms. The Hall–Kier alpha value is -1.88. The normalized spacial score (nSPS) is 15.0. The first-order valence-corrected chi connectivity index (χ1v) is 7.97. The summed E-state index contributed by atoms with van der Waals surface area (Å²) in [6.07, 6.45) is -0.644. The van der Waals surface area contributed by atoms with Crippen molar-refractivity contribution in [3.05, 3.63) is 65.7 Å². The molecule has 124 valence electrons. The Bertz CT molecular complexity index is 599. The fourth-order valence-corrected chi connectivity index (χ4v) is 2.57. The van der Waals surface area contributed by atoms with Crippen LogP contribution in [0.2, 0.25) is 0 Å². The molecule has 0 fully saturated rings. The molecule has 3 atom stereocenters. The van der Waals surface area contributed by atoms with Gasteiger partial charge < -0.3 is 21.1 Å². The predicted molar refractivity (Wildman–Crippen MR) is 96.4 cm³/mol. The van der Waals surface area contributed by atoms with Gasteiger partial charge in [-0.15, -0.1) is 0 Å². The van der Waals surface area contributed by atoms with E-state index < -0.39 is 6.10 Å². The third kappa shape index (κ3) is 4.79. The maximum Gasteiger partial charge on any atom is 0.0882 e. The van der Waals surface area contributed by atoms with Crippen molar-refractivity contribution >= 4 is 5.69 Å². The number of hydrogen-bond acceptors (Lipinski definition) is 4. The van der Waals surface area contributed by atoms with Crippen molar-refractivity contribution in [2.24, 2.45) is 5.73 Å². The number of nitrogens with one attached hydrogen (secondary N) is 1. The van der Waals surface area contributed by atoms with Gasteiger partial charge in [0, 0.05) is 32.4 Å². The zero-order chi connectivity index (χ0) is 16.8. The zero-order valence-corrected chi connectivity index (χ0v) is 14.1. The van der Waals surface area contributed by atoms with Gasteiger partial charge in [0.2, 0.25) is 0 Å². The summed E-state index contributed by atoms with van der Waals surface area (Å²) in [7, 11) is 4.05. The van der Waals surface area contributed by atoms with Crippen LogP contribution in [0.3, 0.4) is 0 Å². The highest BCUT2D eigenvalue weighted by atomic mass is 16.3. The molecule has 0 radical (unpaired) electrons. The molecule has 2 aromatic rings. The molecule has 0 aliphatic heterocycles. The highest BCUT2D eigenvalue weighted by Crippen LogP contribution is 2.20. The van der Waals surface area contributed by atoms with E-state index in [1.165, 1.54) is 5.56 Å². The zero-order valence-electron chi connectivity index (χ0n) is 14.1. The fraction of sp³-hybridized carbons (Fsp3) is 0.368. The molecule has 1 unspecified atom stereocenters. The van der Waals surface area contributed by atoms with Crippen molar-refractivity contribution in [2.75, 3.05) is 19.0 Å². The highest BCUT2D eigenvalue weighted by molar-refractivity contribution is 5.47. The van der Waals surface area contributed by atoms with Gasteiger partial charge in [-0.25, -0.2) is 0 Å². The lowest BCUT2D eigenvalue weighted by Crippen LogP contribution is -2.42. The molecule has 0 aliphatic rings. The number of aliphatic hydroxyl groups is 1. The van der Waals surface area contributed by atoms with Gasteiger partial charge in [-0.2, -0.15) is 0 Å². The highest BCUT2D eigenvalue weighted by Gasteiger charge is 2.23. The Morgan fingerprint density at radius 3 is 2.39 bits per heavy atom. The van der Waals surface area contributed by atoms with Crippen molar-refractivity contribution in [1.82, 2.24) is 5.32 Å². The summed E-state index contributed by atoms with van der Waals surface area (Å²) < 4.78 is 0. The van der Waals surface area contributed by atoms with E-state index in [9.17, 15) is 5.11 Å². The number of benzene rings is 2. The van der Waals surface area contributed by atoms with Gasteiger partial charge >= 0.3 is 0 Å². The van der Waals surface area contributed by atoms with Gasteiger partial charge in [-0.1, -0.05) is 42.5 Å². The average molecular weight is 313 g/mol. The monoisotopic (exact) mass is 313 g/mol. The third-order valence-corrected chi connectivity index (χ3v) is 3.99. The Morgan fingerprint density at radius 1 is 1.09 bits per heavy atom. The molecule has 0 aliphatic carbocycles. The molecule has 0 saturated heterocycles. The Kier molecular flexibility index (Phi) is 6.16. The quantitative estimate of drug-likeness (QED) is 0.734. The maximum atomic E-state index is 10.5. The Balaban J connectivity index is 2.14. The van der Waals surface area contributed by atoms with Crippen LogP contribution in [0.5, 0.6) is 0 Å². The lowest BCUT2D eigenvalue weighted by Gasteiger charge is -2.27. The van der Waals surface area contributed by atoms with Crippen LogP contribution in [0.4, 0.5) is 5.69 Å². The minimum absolute atomic E-state index is 0.195. The second-order valence-electron chi connectivity index (χ2n) is 6.18. The molecular formula is C19H27N3O. The van der Waals surface area contributed by atoms with E-state index in [0.717, 1.165) is 11.3 Å². The van der Waals surface area contributed by atoms with Crippen molar-refractivity contribution in [3.63, 3.8) is 0 Å². The van der Waals surface area contributed by atoms with Gasteiger partial charge in [-0.3, -0.25) is 0 Å². The van der Waals surface area contributed by atoms with Crippen molar-refractivity contribution in [3.8, 4) is 0 Å². The largest absolute Gasteiger partial charge is 0.390 e. The second kappa shape index (κ2) is 8.11. The predicted octanol–water partition coefficient (Wildman–Crippen LogP) is 2.29. The van der Waals surface area contributed by atoms with E-state index in [2.05, 4.69) is 28.4 Å². The van der Waals surface area contributed by atoms with Crippen LogP contribution in [0.25, 0.3) is 0 Å². The van der Waals surface area contributed by atoms with Crippen LogP contribution in [-0.2, 0) is 6.54 Å². The molecule has 0 bridgehead atoms. The fourth-order valence-electron chi connectivity index (χ4n) is 2.57. The number of nitrogens with zero attached hydrogens (tertiary/aromatic N) is 1. The first-order chi connectivity index (χ1) is 11.0. The third-order valence-electron chi connectivity index (χ3n) is 3.99. The van der Waals surface area contributed by atoms with E-state index in [-0.39, 0.29) is 12.1 Å². The average Bonchev–Trinajstić information content (AvgIpc) is 2.56. The van der Waals surface area contributed by atoms with E-state index in [1.54, 1.807) is 0 Å². The van der Waals surface area contributed by atoms with Crippen molar-refractivity contribution < 1.29 is 5.11 Å². The van der Waals surface area contributed by atoms with E-state index in [1.807, 2.05) is 57.4 Å². The molecule has 2 rings (SSSR count). The van der Waals surface area contributed by atoms with Crippen molar-refractivity contribution in [2.45, 2.75) is 31.7 Å². The summed E-state index contributed by atoms with van der Waals surface area (Å²) in [6, 6.07) is 17.8. The Morgan fingerprint density at radius 2 is 1.78 bits per heavy atom. The SMILES string of the molecule is C[C@H](N)[C@@H](O)C(NCc1cccc(N(C)C)c1)c1ccccc1. The van der Waals surface area contributed by atoms with Gasteiger partial charge in [0.05, 0.1) is 12.1 Å². The summed E-state index contributed by atoms with van der Waals surface area (Å²) in [6.45, 7) is 2.50. The van der Waals surface area contributed by atoms with E-state index >= 15 is 0 Å². The van der Waals surface area contributed by atoms with Gasteiger partial charge in [0.15, 0.2) is 0 Å². The van der Waals surface area contributed by atoms with Crippen molar-refractivity contribution in [1.29, 1.82) is 0 Å². The standard InChI is InChI=1S/C19H27N3O/c1-14(20)19(23)18(16-9-5-4-6-10-16)21-13-15-8-7-11-17(12-15)22(2)3/h4-12,14,18-19,21,23H,13,20H2,1-3H3/t14-,18?,19+/m0/s1. The molecule has 0 heterocycles. The number of nitrogens with two attached hydrogens (primary N) is 1. The van der Waals surface area contributed by atoms with E-state index in [4.69, 9.17) is 5.73 Å². The van der Waals surface area contributed by atoms with E-state index in [0.29, 0.717) is 6.54 Å². The molecular weight excluding hydrogens is 286 g/mol. The summed E-state index contributed by atoms with van der Waals surface area (Å²) in [5.41, 5.74) is 9.29. The smallest absolute Gasteiger partial charge is 0.0882 e. The van der Waals surface area contributed by atoms with Crippen LogP contribution in [0, 0.1) is 0 Å². The summed E-state index contributed by atoms with van der Waals surface area (Å²) in [5.74, 6) is 0. The van der Waals surface area contributed by atoms with Gasteiger partial charge in [-0.05, 0) is 30.2 Å². The van der Waals surface area contributed by atoms with Gasteiger partial charge in [0.25, 0.3) is 0 Å². The first kappa shape index (κ1) is 17.5. The van der Waals surface area contributed by atoms with Gasteiger partial charge in [0.1, 0.15) is 0 Å². The molecule has 0 saturated carbocycles. The Labute approximate surface area is 138 Å². The molecule has 23 heavy (non-hydrogen) atoms. The number of rotatable bonds is 7. The van der Waals surface area contributed by atoms with Crippen LogP contribution in [-0.4, -0.2) is 31.3 Å². The topological polar surface area (TPSA) is 61.5 Å². The minimum Gasteiger partial charge on any atom is -0.390 e. The lowest BCUT2D eigenvalue weighted by molar-refractivity contribution is 0.105. The van der Waals surface area contributed by atoms with Crippen LogP contribution in [0.15, 0.2) is 54.6 Å². The molecule has 0 amide bonds. The molecule has 4 heteroatoms. The summed E-state index contributed by atoms with van der Waals surface area (Å²) in [5, 5.41) is 13.9. The molecule has 0 aromatic heterocycles. The molecule has 2 aromatic carbocycles.